The van der Waals surface area contributed by atoms with Crippen LogP contribution in [-0.2, 0) is 0 Å². The number of β-amino-alcohol motifs (C(OH)–C–C–N with tert-alkyl or cyclic N) is 1. The van der Waals surface area contributed by atoms with E-state index in [9.17, 15) is 5.11 Å². The first-order chi connectivity index (χ1) is 8.53. The molecule has 1 aromatic carbocycles. The molecule has 0 amide bonds. The third-order valence-corrected chi connectivity index (χ3v) is 2.74. The van der Waals surface area contributed by atoms with Crippen LogP contribution in [0.5, 0.6) is 5.75 Å². The van der Waals surface area contributed by atoms with Crippen LogP contribution in [0.3, 0.4) is 0 Å². The molecule has 102 valence electrons. The minimum atomic E-state index is -0.567. The predicted octanol–water partition coefficient (Wildman–Crippen LogP) is 1.18. The number of hydrogen-bond acceptors (Lipinski definition) is 4. The van der Waals surface area contributed by atoms with Gasteiger partial charge in [0.2, 0.25) is 0 Å². The second kappa shape index (κ2) is 7.36. The van der Waals surface area contributed by atoms with Crippen molar-refractivity contribution >= 4 is 0 Å². The smallest absolute Gasteiger partial charge is 0.119 e. The topological polar surface area (TPSA) is 61.7 Å². The third-order valence-electron chi connectivity index (χ3n) is 2.74. The fraction of sp³-hybridized carbons (Fsp3) is 0.571. The number of ether oxygens (including phenoxy) is 1. The molecule has 4 nitrogen and oxygen atoms in total. The van der Waals surface area contributed by atoms with Gasteiger partial charge in [0.1, 0.15) is 18.5 Å². The monoisotopic (exact) mass is 253 g/mol. The Hall–Kier alpha value is -1.10. The zero-order valence-electron chi connectivity index (χ0n) is 11.1. The maximum absolute atomic E-state index is 9.79. The molecule has 3 N–H and O–H groups in total. The van der Waals surface area contributed by atoms with Crippen LogP contribution in [0.4, 0.5) is 0 Å². The number of benzene rings is 1. The molecule has 0 fully saturated rings. The van der Waals surface area contributed by atoms with Crippen LogP contribution >= 0.6 is 0 Å². The summed E-state index contributed by atoms with van der Waals surface area (Å²) in [5.74, 6) is 0.756. The van der Waals surface area contributed by atoms with Gasteiger partial charge in [-0.15, -0.1) is 0 Å². The lowest BCUT2D eigenvalue weighted by atomic mass is 10.0. The number of aliphatic hydroxyl groups excluding tert-OH is 2. The maximum atomic E-state index is 9.79. The van der Waals surface area contributed by atoms with Crippen molar-refractivity contribution < 1.29 is 14.9 Å². The van der Waals surface area contributed by atoms with Crippen LogP contribution in [0.15, 0.2) is 30.3 Å². The molecular formula is C14H23NO3. The summed E-state index contributed by atoms with van der Waals surface area (Å²) in [7, 11) is 0. The van der Waals surface area contributed by atoms with Gasteiger partial charge in [-0.2, -0.15) is 0 Å². The third kappa shape index (κ3) is 6.00. The average Bonchev–Trinajstić information content (AvgIpc) is 2.35. The highest BCUT2D eigenvalue weighted by molar-refractivity contribution is 5.20. The van der Waals surface area contributed by atoms with Gasteiger partial charge in [-0.3, -0.25) is 0 Å². The molecule has 1 atom stereocenters. The molecule has 0 aliphatic heterocycles. The first-order valence-electron chi connectivity index (χ1n) is 6.25. The van der Waals surface area contributed by atoms with Gasteiger partial charge in [0.05, 0.1) is 0 Å². The van der Waals surface area contributed by atoms with Crippen LogP contribution in [-0.4, -0.2) is 41.6 Å². The van der Waals surface area contributed by atoms with Crippen LogP contribution in [0, 0.1) is 0 Å². The number of para-hydroxylation sites is 1. The standard InChI is InChI=1S/C14H23NO3/c1-14(2,8-9-16)15-10-12(17)11-18-13-6-4-3-5-7-13/h3-7,12,15-17H,8-11H2,1-2H3. The number of hydrogen-bond donors (Lipinski definition) is 3. The molecule has 1 aromatic rings. The summed E-state index contributed by atoms with van der Waals surface area (Å²) in [6.45, 7) is 4.82. The molecule has 0 saturated heterocycles. The number of nitrogens with one attached hydrogen (secondary N) is 1. The summed E-state index contributed by atoms with van der Waals surface area (Å²) < 4.78 is 5.45. The van der Waals surface area contributed by atoms with Gasteiger partial charge in [-0.05, 0) is 32.4 Å². The quantitative estimate of drug-likeness (QED) is 0.651. The van der Waals surface area contributed by atoms with E-state index in [1.54, 1.807) is 0 Å². The van der Waals surface area contributed by atoms with E-state index in [2.05, 4.69) is 5.32 Å². The Bertz CT molecular complexity index is 327. The Morgan fingerprint density at radius 1 is 1.28 bits per heavy atom. The van der Waals surface area contributed by atoms with Crippen molar-refractivity contribution in [1.82, 2.24) is 5.32 Å². The molecule has 0 saturated carbocycles. The number of aliphatic hydroxyl groups is 2. The number of rotatable bonds is 8. The van der Waals surface area contributed by atoms with E-state index in [-0.39, 0.29) is 18.8 Å². The molecular weight excluding hydrogens is 230 g/mol. The van der Waals surface area contributed by atoms with E-state index in [4.69, 9.17) is 9.84 Å². The summed E-state index contributed by atoms with van der Waals surface area (Å²) >= 11 is 0. The highest BCUT2D eigenvalue weighted by Crippen LogP contribution is 2.09. The van der Waals surface area contributed by atoms with Gasteiger partial charge < -0.3 is 20.3 Å². The predicted molar refractivity (Wildman–Crippen MR) is 71.7 cm³/mol. The van der Waals surface area contributed by atoms with Crippen molar-refractivity contribution in [3.8, 4) is 5.75 Å². The van der Waals surface area contributed by atoms with Crippen LogP contribution in [0.2, 0.25) is 0 Å². The highest BCUT2D eigenvalue weighted by atomic mass is 16.5. The minimum Gasteiger partial charge on any atom is -0.491 e. The van der Waals surface area contributed by atoms with Gasteiger partial charge in [0.15, 0.2) is 0 Å². The van der Waals surface area contributed by atoms with Crippen molar-refractivity contribution in [2.45, 2.75) is 31.9 Å². The minimum absolute atomic E-state index is 0.136. The van der Waals surface area contributed by atoms with Crippen molar-refractivity contribution in [2.75, 3.05) is 19.8 Å². The van der Waals surface area contributed by atoms with Crippen molar-refractivity contribution in [2.24, 2.45) is 0 Å². The molecule has 0 aliphatic rings. The molecule has 1 rings (SSSR count). The Morgan fingerprint density at radius 2 is 1.94 bits per heavy atom. The largest absolute Gasteiger partial charge is 0.491 e. The van der Waals surface area contributed by atoms with E-state index in [1.807, 2.05) is 44.2 Å². The zero-order chi connectivity index (χ0) is 13.4. The van der Waals surface area contributed by atoms with Crippen LogP contribution in [0.25, 0.3) is 0 Å². The lowest BCUT2D eigenvalue weighted by Crippen LogP contribution is -2.45. The summed E-state index contributed by atoms with van der Waals surface area (Å²) in [4.78, 5) is 0. The van der Waals surface area contributed by atoms with Gasteiger partial charge in [0, 0.05) is 18.7 Å². The highest BCUT2D eigenvalue weighted by Gasteiger charge is 2.17. The lowest BCUT2D eigenvalue weighted by Gasteiger charge is -2.27. The van der Waals surface area contributed by atoms with E-state index in [1.165, 1.54) is 0 Å². The molecule has 0 aromatic heterocycles. The normalized spacial score (nSPS) is 13.3. The van der Waals surface area contributed by atoms with Crippen molar-refractivity contribution in [3.63, 3.8) is 0 Å². The van der Waals surface area contributed by atoms with Gasteiger partial charge in [-0.1, -0.05) is 18.2 Å². The lowest BCUT2D eigenvalue weighted by molar-refractivity contribution is 0.0960. The van der Waals surface area contributed by atoms with Crippen molar-refractivity contribution in [1.29, 1.82) is 0 Å². The Kier molecular flexibility index (Phi) is 6.12. The van der Waals surface area contributed by atoms with Gasteiger partial charge in [-0.25, -0.2) is 0 Å². The molecule has 4 heteroatoms. The van der Waals surface area contributed by atoms with E-state index in [0.29, 0.717) is 13.0 Å². The Balaban J connectivity index is 2.24. The van der Waals surface area contributed by atoms with Gasteiger partial charge in [0.25, 0.3) is 0 Å². The fourth-order valence-corrected chi connectivity index (χ4v) is 1.53. The molecule has 0 radical (unpaired) electrons. The second-order valence-electron chi connectivity index (χ2n) is 5.02. The van der Waals surface area contributed by atoms with Crippen LogP contribution in [0.1, 0.15) is 20.3 Å². The fourth-order valence-electron chi connectivity index (χ4n) is 1.53. The zero-order valence-corrected chi connectivity index (χ0v) is 11.1. The summed E-state index contributed by atoms with van der Waals surface area (Å²) in [5.41, 5.74) is -0.178. The van der Waals surface area contributed by atoms with Gasteiger partial charge >= 0.3 is 0 Å². The van der Waals surface area contributed by atoms with E-state index in [0.717, 1.165) is 5.75 Å². The second-order valence-corrected chi connectivity index (χ2v) is 5.02. The molecule has 0 heterocycles. The Labute approximate surface area is 109 Å². The van der Waals surface area contributed by atoms with Crippen molar-refractivity contribution in [3.05, 3.63) is 30.3 Å². The summed E-state index contributed by atoms with van der Waals surface area (Å²) in [5, 5.41) is 21.9. The summed E-state index contributed by atoms with van der Waals surface area (Å²) in [6, 6.07) is 9.42. The molecule has 0 spiro atoms. The molecule has 18 heavy (non-hydrogen) atoms. The van der Waals surface area contributed by atoms with E-state index >= 15 is 0 Å². The first kappa shape index (κ1) is 15.0. The molecule has 1 unspecified atom stereocenters. The Morgan fingerprint density at radius 3 is 2.56 bits per heavy atom. The first-order valence-corrected chi connectivity index (χ1v) is 6.25. The van der Waals surface area contributed by atoms with E-state index < -0.39 is 6.10 Å². The average molecular weight is 253 g/mol. The van der Waals surface area contributed by atoms with Crippen LogP contribution < -0.4 is 10.1 Å². The molecule has 0 bridgehead atoms. The SMILES string of the molecule is CC(C)(CCO)NCC(O)COc1ccccc1. The molecule has 0 aliphatic carbocycles. The summed E-state index contributed by atoms with van der Waals surface area (Å²) in [6.07, 6.45) is 0.0855. The maximum Gasteiger partial charge on any atom is 0.119 e.